The largest absolute Gasteiger partial charge is 0.373 e. The minimum Gasteiger partial charge on any atom is -0.373 e. The van der Waals surface area contributed by atoms with Crippen molar-refractivity contribution in [2.45, 2.75) is 12.8 Å². The molecule has 1 unspecified atom stereocenters. The van der Waals surface area contributed by atoms with Crippen LogP contribution in [0.4, 0.5) is 10.9 Å². The zero-order chi connectivity index (χ0) is 15.7. The highest BCUT2D eigenvalue weighted by atomic mass is 32.1. The van der Waals surface area contributed by atoms with Gasteiger partial charge in [0.15, 0.2) is 16.7 Å². The third kappa shape index (κ3) is 2.48. The van der Waals surface area contributed by atoms with Crippen LogP contribution in [-0.4, -0.2) is 35.6 Å². The minimum absolute atomic E-state index is 0.122. The molecule has 7 heteroatoms. The molecule has 2 heterocycles. The van der Waals surface area contributed by atoms with Crippen molar-refractivity contribution in [3.8, 4) is 0 Å². The van der Waals surface area contributed by atoms with Crippen LogP contribution in [-0.2, 0) is 6.42 Å². The van der Waals surface area contributed by atoms with Crippen molar-refractivity contribution < 1.29 is 9.59 Å². The molecule has 2 N–H and O–H groups in total. The van der Waals surface area contributed by atoms with Crippen LogP contribution in [0.15, 0.2) is 18.3 Å². The highest BCUT2D eigenvalue weighted by molar-refractivity contribution is 7.17. The summed E-state index contributed by atoms with van der Waals surface area (Å²) in [5.74, 6) is -0.219. The van der Waals surface area contributed by atoms with E-state index in [9.17, 15) is 9.59 Å². The molecule has 0 spiro atoms. The molecule has 1 atom stereocenters. The molecule has 0 amide bonds. The normalized spacial score (nSPS) is 17.0. The Morgan fingerprint density at radius 3 is 2.77 bits per heavy atom. The third-order valence-corrected chi connectivity index (χ3v) is 4.87. The van der Waals surface area contributed by atoms with E-state index in [-0.39, 0.29) is 11.6 Å². The molecule has 3 rings (SSSR count). The van der Waals surface area contributed by atoms with Gasteiger partial charge in [-0.2, -0.15) is 0 Å². The number of carbonyl (C=O) groups is 2. The zero-order valence-corrected chi connectivity index (χ0v) is 13.2. The molecule has 0 saturated carbocycles. The highest BCUT2D eigenvalue weighted by Gasteiger charge is 2.35. The number of Topliss-reactive ketones (excluding diaryl/α,β-unsaturated/α-hetero) is 2. The summed E-state index contributed by atoms with van der Waals surface area (Å²) in [5, 5.41) is 6.56. The quantitative estimate of drug-likeness (QED) is 0.665. The van der Waals surface area contributed by atoms with Gasteiger partial charge in [-0.1, -0.05) is 11.3 Å². The summed E-state index contributed by atoms with van der Waals surface area (Å²) in [4.78, 5) is 34.3. The number of nitrogens with one attached hydrogen (secondary N) is 2. The third-order valence-electron chi connectivity index (χ3n) is 3.74. The second-order valence-electron chi connectivity index (χ2n) is 5.05. The Balaban J connectivity index is 1.85. The number of fused-ring (bicyclic) bond motifs is 1. The average molecular weight is 316 g/mol. The van der Waals surface area contributed by atoms with Crippen LogP contribution in [0.3, 0.4) is 0 Å². The molecule has 6 nitrogen and oxygen atoms in total. The number of aromatic nitrogens is 2. The van der Waals surface area contributed by atoms with Gasteiger partial charge < -0.3 is 10.6 Å². The van der Waals surface area contributed by atoms with Crippen molar-refractivity contribution in [2.24, 2.45) is 5.92 Å². The number of hydrogen-bond donors (Lipinski definition) is 2. The maximum Gasteiger partial charge on any atom is 0.185 e. The molecule has 0 saturated heterocycles. The number of thiazole rings is 1. The summed E-state index contributed by atoms with van der Waals surface area (Å²) in [6.07, 6.45) is 2.67. The second-order valence-corrected chi connectivity index (χ2v) is 6.05. The number of anilines is 2. The maximum absolute atomic E-state index is 12.6. The van der Waals surface area contributed by atoms with Gasteiger partial charge in [-0.25, -0.2) is 9.97 Å². The molecular formula is C15H16N4O2S. The molecule has 1 aliphatic rings. The molecule has 2 aromatic rings. The summed E-state index contributed by atoms with van der Waals surface area (Å²) in [6.45, 7) is 0. The number of carbonyl (C=O) groups excluding carboxylic acids is 2. The van der Waals surface area contributed by atoms with Gasteiger partial charge in [0.1, 0.15) is 5.82 Å². The number of nitrogens with zero attached hydrogens (tertiary/aromatic N) is 2. The predicted octanol–water partition coefficient (Wildman–Crippen LogP) is 2.25. The van der Waals surface area contributed by atoms with Crippen LogP contribution >= 0.6 is 11.3 Å². The summed E-state index contributed by atoms with van der Waals surface area (Å²) < 4.78 is 0. The van der Waals surface area contributed by atoms with Crippen LogP contribution < -0.4 is 10.6 Å². The van der Waals surface area contributed by atoms with Crippen LogP contribution in [0, 0.1) is 5.92 Å². The first kappa shape index (κ1) is 14.6. The number of hydrogen-bond acceptors (Lipinski definition) is 7. The highest BCUT2D eigenvalue weighted by Crippen LogP contribution is 2.33. The van der Waals surface area contributed by atoms with E-state index >= 15 is 0 Å². The van der Waals surface area contributed by atoms with E-state index in [4.69, 9.17) is 0 Å². The minimum atomic E-state index is -0.625. The van der Waals surface area contributed by atoms with Crippen LogP contribution in [0.2, 0.25) is 0 Å². The Bertz CT molecular complexity index is 724. The van der Waals surface area contributed by atoms with Crippen molar-refractivity contribution in [1.82, 2.24) is 9.97 Å². The molecule has 0 aromatic carbocycles. The van der Waals surface area contributed by atoms with Gasteiger partial charge in [-0.05, 0) is 25.0 Å². The van der Waals surface area contributed by atoms with Gasteiger partial charge in [0.2, 0.25) is 0 Å². The van der Waals surface area contributed by atoms with Crippen molar-refractivity contribution in [1.29, 1.82) is 0 Å². The summed E-state index contributed by atoms with van der Waals surface area (Å²) in [5.41, 5.74) is 1.27. The van der Waals surface area contributed by atoms with Crippen molar-refractivity contribution in [3.05, 3.63) is 34.5 Å². The van der Waals surface area contributed by atoms with E-state index in [1.54, 1.807) is 26.2 Å². The number of aryl methyl sites for hydroxylation is 1. The second kappa shape index (κ2) is 5.84. The van der Waals surface area contributed by atoms with E-state index in [0.717, 1.165) is 5.69 Å². The van der Waals surface area contributed by atoms with Crippen molar-refractivity contribution in [3.63, 3.8) is 0 Å². The molecule has 0 bridgehead atoms. The fraction of sp³-hybridized carbons (Fsp3) is 0.333. The smallest absolute Gasteiger partial charge is 0.185 e. The van der Waals surface area contributed by atoms with Gasteiger partial charge in [-0.15, -0.1) is 0 Å². The monoisotopic (exact) mass is 316 g/mol. The lowest BCUT2D eigenvalue weighted by Crippen LogP contribution is -2.28. The molecule has 1 aliphatic carbocycles. The van der Waals surface area contributed by atoms with Gasteiger partial charge >= 0.3 is 0 Å². The lowest BCUT2D eigenvalue weighted by atomic mass is 9.84. The first-order valence-corrected chi connectivity index (χ1v) is 7.85. The zero-order valence-electron chi connectivity index (χ0n) is 12.3. The first-order chi connectivity index (χ1) is 10.6. The van der Waals surface area contributed by atoms with E-state index in [1.807, 2.05) is 0 Å². The Kier molecular flexibility index (Phi) is 3.89. The molecular weight excluding hydrogens is 300 g/mol. The van der Waals surface area contributed by atoms with E-state index < -0.39 is 5.92 Å². The average Bonchev–Trinajstić information content (AvgIpc) is 2.99. The van der Waals surface area contributed by atoms with Gasteiger partial charge in [0.25, 0.3) is 0 Å². The maximum atomic E-state index is 12.6. The van der Waals surface area contributed by atoms with Crippen LogP contribution in [0.5, 0.6) is 0 Å². The van der Waals surface area contributed by atoms with E-state index in [1.165, 1.54) is 17.5 Å². The molecule has 0 radical (unpaired) electrons. The van der Waals surface area contributed by atoms with E-state index in [2.05, 4.69) is 20.6 Å². The molecule has 0 aliphatic heterocycles. The Hall–Kier alpha value is -2.28. The lowest BCUT2D eigenvalue weighted by Gasteiger charge is -2.18. The molecule has 114 valence electrons. The van der Waals surface area contributed by atoms with E-state index in [0.29, 0.717) is 34.2 Å². The molecule has 2 aromatic heterocycles. The standard InChI is InChI=1S/C15H16N4O2S/c1-16-11-6-3-8(7-18-11)12(20)9-4-5-10-14(13(9)21)22-15(17-2)19-10/h3,6-7,9H,4-5H2,1-2H3,(H,16,18)(H,17,19). The number of ketones is 2. The Labute approximate surface area is 132 Å². The Morgan fingerprint density at radius 2 is 2.14 bits per heavy atom. The first-order valence-electron chi connectivity index (χ1n) is 7.03. The fourth-order valence-electron chi connectivity index (χ4n) is 2.53. The summed E-state index contributed by atoms with van der Waals surface area (Å²) in [7, 11) is 3.53. The van der Waals surface area contributed by atoms with Crippen molar-refractivity contribution >= 4 is 33.9 Å². The van der Waals surface area contributed by atoms with Gasteiger partial charge in [0, 0.05) is 25.9 Å². The van der Waals surface area contributed by atoms with Gasteiger partial charge in [0.05, 0.1) is 16.5 Å². The topological polar surface area (TPSA) is 84.0 Å². The van der Waals surface area contributed by atoms with Crippen molar-refractivity contribution in [2.75, 3.05) is 24.7 Å². The SMILES string of the molecule is CNc1ccc(C(=O)C2CCc3nc(NC)sc3C2=O)cn1. The fourth-order valence-corrected chi connectivity index (χ4v) is 3.49. The summed E-state index contributed by atoms with van der Waals surface area (Å²) >= 11 is 1.32. The van der Waals surface area contributed by atoms with Crippen LogP contribution in [0.25, 0.3) is 0 Å². The van der Waals surface area contributed by atoms with Gasteiger partial charge in [-0.3, -0.25) is 9.59 Å². The predicted molar refractivity (Wildman–Crippen MR) is 85.9 cm³/mol. The lowest BCUT2D eigenvalue weighted by molar-refractivity contribution is 0.0793. The number of pyridine rings is 1. The van der Waals surface area contributed by atoms with Crippen LogP contribution in [0.1, 0.15) is 32.1 Å². The number of rotatable bonds is 4. The molecule has 0 fully saturated rings. The Morgan fingerprint density at radius 1 is 1.32 bits per heavy atom. The molecule has 22 heavy (non-hydrogen) atoms. The summed E-state index contributed by atoms with van der Waals surface area (Å²) in [6, 6.07) is 3.44.